The van der Waals surface area contributed by atoms with Gasteiger partial charge in [-0.3, -0.25) is 0 Å². The minimum absolute atomic E-state index is 0.0453. The Morgan fingerprint density at radius 1 is 1.00 bits per heavy atom. The molecule has 0 radical (unpaired) electrons. The molecule has 2 N–H and O–H groups in total. The number of carbonyl (C=O) groups excluding carboxylic acids is 1. The van der Waals surface area contributed by atoms with Gasteiger partial charge in [0.1, 0.15) is 6.61 Å². The highest BCUT2D eigenvalue weighted by Crippen LogP contribution is 2.36. The summed E-state index contributed by atoms with van der Waals surface area (Å²) in [7, 11) is -2.01. The van der Waals surface area contributed by atoms with E-state index in [0.717, 1.165) is 11.1 Å². The Balaban J connectivity index is 2.01. The molecule has 0 saturated heterocycles. The third-order valence-corrected chi connectivity index (χ3v) is 10.2. The maximum atomic E-state index is 12.4. The van der Waals surface area contributed by atoms with Gasteiger partial charge in [-0.05, 0) is 35.7 Å². The lowest BCUT2D eigenvalue weighted by atomic mass is 10.0. The molecule has 0 heterocycles. The second kappa shape index (κ2) is 10.7. The summed E-state index contributed by atoms with van der Waals surface area (Å²) in [6.45, 7) is 11.1. The predicted octanol–water partition coefficient (Wildman–Crippen LogP) is 4.91. The number of nitrogens with one attached hydrogen (secondary N) is 1. The Morgan fingerprint density at radius 3 is 2.07 bits per heavy atom. The zero-order valence-electron chi connectivity index (χ0n) is 18.7. The number of hydrogen-bond acceptors (Lipinski definition) is 4. The molecule has 0 spiro atoms. The summed E-state index contributed by atoms with van der Waals surface area (Å²) < 4.78 is 11.5. The molecule has 0 bridgehead atoms. The van der Waals surface area contributed by atoms with Gasteiger partial charge in [-0.15, -0.1) is 0 Å². The molecule has 0 fully saturated rings. The molecule has 6 heteroatoms. The Labute approximate surface area is 181 Å². The van der Waals surface area contributed by atoms with Gasteiger partial charge in [-0.1, -0.05) is 81.4 Å². The van der Waals surface area contributed by atoms with E-state index < -0.39 is 26.6 Å². The van der Waals surface area contributed by atoms with Crippen molar-refractivity contribution in [1.82, 2.24) is 5.32 Å². The first-order chi connectivity index (χ1) is 14.1. The number of alkyl carbamates (subject to hydrolysis) is 1. The highest BCUT2D eigenvalue weighted by atomic mass is 28.4. The first kappa shape index (κ1) is 24.1. The summed E-state index contributed by atoms with van der Waals surface area (Å²) in [5, 5.41) is 13.7. The lowest BCUT2D eigenvalue weighted by molar-refractivity contribution is 0.0612. The second-order valence-corrected chi connectivity index (χ2v) is 14.0. The number of aliphatic hydroxyl groups is 1. The van der Waals surface area contributed by atoms with Gasteiger partial charge in [0, 0.05) is 0 Å². The van der Waals surface area contributed by atoms with E-state index in [4.69, 9.17) is 9.16 Å². The summed E-state index contributed by atoms with van der Waals surface area (Å²) in [5.74, 6) is 0. The van der Waals surface area contributed by atoms with Crippen LogP contribution in [0.15, 0.2) is 60.7 Å². The van der Waals surface area contributed by atoms with E-state index in [9.17, 15) is 9.90 Å². The molecule has 1 amide bonds. The first-order valence-corrected chi connectivity index (χ1v) is 13.3. The van der Waals surface area contributed by atoms with Crippen LogP contribution in [0.5, 0.6) is 0 Å². The van der Waals surface area contributed by atoms with Gasteiger partial charge in [-0.25, -0.2) is 4.79 Å². The maximum absolute atomic E-state index is 12.4. The summed E-state index contributed by atoms with van der Waals surface area (Å²) in [4.78, 5) is 12.4. The average molecular weight is 430 g/mol. The molecule has 164 valence electrons. The van der Waals surface area contributed by atoms with Crippen molar-refractivity contribution in [2.45, 2.75) is 64.1 Å². The van der Waals surface area contributed by atoms with Gasteiger partial charge in [0.15, 0.2) is 8.32 Å². The van der Waals surface area contributed by atoms with Gasteiger partial charge in [0.25, 0.3) is 0 Å². The van der Waals surface area contributed by atoms with Gasteiger partial charge in [0.05, 0.1) is 18.8 Å². The molecule has 2 rings (SSSR count). The summed E-state index contributed by atoms with van der Waals surface area (Å²) in [6.07, 6.45) is -0.904. The number of hydrogen-bond donors (Lipinski definition) is 2. The molecule has 2 atom stereocenters. The molecule has 2 unspecified atom stereocenters. The third kappa shape index (κ3) is 7.59. The SMILES string of the molecule is CC(C)(C)[Si](C)(C)OCC(O)C(Cc1ccccc1)NC(=O)OCc1ccccc1. The highest BCUT2D eigenvalue weighted by molar-refractivity contribution is 6.74. The van der Waals surface area contributed by atoms with Crippen molar-refractivity contribution in [3.8, 4) is 0 Å². The molecule has 5 nitrogen and oxygen atoms in total. The number of benzene rings is 2. The highest BCUT2D eigenvalue weighted by Gasteiger charge is 2.38. The molecule has 2 aromatic carbocycles. The zero-order valence-corrected chi connectivity index (χ0v) is 19.7. The van der Waals surface area contributed by atoms with Gasteiger partial charge >= 0.3 is 6.09 Å². The maximum Gasteiger partial charge on any atom is 0.407 e. The van der Waals surface area contributed by atoms with Crippen LogP contribution in [0.3, 0.4) is 0 Å². The van der Waals surface area contributed by atoms with Gasteiger partial charge in [0.2, 0.25) is 0 Å². The molecular formula is C24H35NO4Si. The van der Waals surface area contributed by atoms with Gasteiger partial charge < -0.3 is 19.6 Å². The number of aliphatic hydroxyl groups excluding tert-OH is 1. The number of ether oxygens (including phenoxy) is 1. The molecule has 0 aliphatic carbocycles. The van der Waals surface area contributed by atoms with Crippen molar-refractivity contribution < 1.29 is 19.1 Å². The largest absolute Gasteiger partial charge is 0.445 e. The summed E-state index contributed by atoms with van der Waals surface area (Å²) in [5.41, 5.74) is 1.94. The van der Waals surface area contributed by atoms with Crippen LogP contribution >= 0.6 is 0 Å². The van der Waals surface area contributed by atoms with Crippen molar-refractivity contribution >= 4 is 14.4 Å². The number of rotatable bonds is 9. The van der Waals surface area contributed by atoms with E-state index in [2.05, 4.69) is 39.2 Å². The lowest BCUT2D eigenvalue weighted by Gasteiger charge is -2.37. The van der Waals surface area contributed by atoms with E-state index in [0.29, 0.717) is 6.42 Å². The average Bonchev–Trinajstić information content (AvgIpc) is 2.71. The van der Waals surface area contributed by atoms with Crippen molar-refractivity contribution in [2.24, 2.45) is 0 Å². The minimum Gasteiger partial charge on any atom is -0.445 e. The standard InChI is InChI=1S/C24H35NO4Si/c1-24(2,3)30(4,5)29-18-22(26)21(16-19-12-8-6-9-13-19)25-23(27)28-17-20-14-10-7-11-15-20/h6-15,21-22,26H,16-18H2,1-5H3,(H,25,27). The molecule has 0 aliphatic rings. The molecular weight excluding hydrogens is 394 g/mol. The Hall–Kier alpha value is -2.15. The molecule has 30 heavy (non-hydrogen) atoms. The summed E-state index contributed by atoms with van der Waals surface area (Å²) >= 11 is 0. The molecule has 2 aromatic rings. The summed E-state index contributed by atoms with van der Waals surface area (Å²) in [6, 6.07) is 18.8. The van der Waals surface area contributed by atoms with Crippen molar-refractivity contribution in [3.05, 3.63) is 71.8 Å². The van der Waals surface area contributed by atoms with Crippen molar-refractivity contribution in [2.75, 3.05) is 6.61 Å². The van der Waals surface area contributed by atoms with Crippen LogP contribution in [0.25, 0.3) is 0 Å². The number of amides is 1. The number of carbonyl (C=O) groups is 1. The van der Waals surface area contributed by atoms with Crippen LogP contribution in [0.1, 0.15) is 31.9 Å². The normalized spacial score (nSPS) is 14.1. The first-order valence-electron chi connectivity index (χ1n) is 10.4. The van der Waals surface area contributed by atoms with Crippen LogP contribution in [0.4, 0.5) is 4.79 Å². The lowest BCUT2D eigenvalue weighted by Crippen LogP contribution is -2.50. The fourth-order valence-electron chi connectivity index (χ4n) is 2.69. The van der Waals surface area contributed by atoms with Crippen LogP contribution in [-0.4, -0.2) is 38.3 Å². The van der Waals surface area contributed by atoms with E-state index in [1.165, 1.54) is 0 Å². The molecule has 0 saturated carbocycles. The van der Waals surface area contributed by atoms with E-state index in [1.54, 1.807) is 0 Å². The van der Waals surface area contributed by atoms with Crippen LogP contribution < -0.4 is 5.32 Å². The zero-order chi connectivity index (χ0) is 22.2. The van der Waals surface area contributed by atoms with Crippen LogP contribution in [-0.2, 0) is 22.2 Å². The van der Waals surface area contributed by atoms with Crippen molar-refractivity contribution in [3.63, 3.8) is 0 Å². The topological polar surface area (TPSA) is 67.8 Å². The van der Waals surface area contributed by atoms with Crippen molar-refractivity contribution in [1.29, 1.82) is 0 Å². The molecule has 0 aromatic heterocycles. The van der Waals surface area contributed by atoms with E-state index in [-0.39, 0.29) is 18.3 Å². The fraction of sp³-hybridized carbons (Fsp3) is 0.458. The second-order valence-electron chi connectivity index (χ2n) is 9.14. The fourth-order valence-corrected chi connectivity index (χ4v) is 3.71. The quantitative estimate of drug-likeness (QED) is 0.556. The van der Waals surface area contributed by atoms with E-state index in [1.807, 2.05) is 60.7 Å². The molecule has 0 aliphatic heterocycles. The monoisotopic (exact) mass is 429 g/mol. The smallest absolute Gasteiger partial charge is 0.407 e. The van der Waals surface area contributed by atoms with Gasteiger partial charge in [-0.2, -0.15) is 0 Å². The minimum atomic E-state index is -2.01. The predicted molar refractivity (Wildman–Crippen MR) is 123 cm³/mol. The Kier molecular flexibility index (Phi) is 8.64. The van der Waals surface area contributed by atoms with E-state index >= 15 is 0 Å². The Bertz CT molecular complexity index is 775. The van der Waals surface area contributed by atoms with Crippen LogP contribution in [0.2, 0.25) is 18.1 Å². The third-order valence-electron chi connectivity index (χ3n) is 5.70. The Morgan fingerprint density at radius 2 is 1.53 bits per heavy atom. The van der Waals surface area contributed by atoms with Crippen LogP contribution in [0, 0.1) is 0 Å².